The number of carbonyl (C=O) groups excluding carboxylic acids is 2. The molecule has 80 heavy (non-hydrogen) atoms. The van der Waals surface area contributed by atoms with Gasteiger partial charge in [-0.25, -0.2) is 0 Å². The number of aromatic nitrogens is 2. The number of unbranched alkanes of at least 4 members (excludes halogenated alkanes) is 4. The third-order valence-electron chi connectivity index (χ3n) is 17.6. The van der Waals surface area contributed by atoms with Crippen molar-refractivity contribution < 1.29 is 75.9 Å². The molecule has 3 saturated heterocycles. The van der Waals surface area contributed by atoms with Crippen LogP contribution in [0.5, 0.6) is 0 Å². The molecule has 0 aliphatic carbocycles. The lowest BCUT2D eigenvalue weighted by molar-refractivity contribution is -0.318. The molecule has 18 atom stereocenters. The summed E-state index contributed by atoms with van der Waals surface area (Å²) < 4.78 is 40.2. The first-order valence-corrected chi connectivity index (χ1v) is 31.0. The number of amides is 1. The number of likely N-dealkylation sites (N-methyl/N-ethyl adjacent to an activating group) is 1. The number of ether oxygens (including phenoxy) is 6. The van der Waals surface area contributed by atoms with Crippen molar-refractivity contribution in [2.45, 2.75) is 224 Å². The summed E-state index contributed by atoms with van der Waals surface area (Å²) in [4.78, 5) is 33.0. The summed E-state index contributed by atoms with van der Waals surface area (Å²) in [5, 5.41) is 69.1. The van der Waals surface area contributed by atoms with Crippen LogP contribution in [0.1, 0.15) is 133 Å². The van der Waals surface area contributed by atoms with Crippen LogP contribution < -0.4 is 28.3 Å². The van der Waals surface area contributed by atoms with Gasteiger partial charge in [-0.15, -0.1) is 0 Å². The van der Waals surface area contributed by atoms with E-state index in [0.717, 1.165) is 31.8 Å². The molecular weight excluding hydrogens is 1060 g/mol. The first-order valence-electron chi connectivity index (χ1n) is 29.0. The van der Waals surface area contributed by atoms with Gasteiger partial charge in [-0.3, -0.25) is 14.3 Å². The number of aliphatic hydroxyl groups is 5. The van der Waals surface area contributed by atoms with E-state index in [0.29, 0.717) is 12.8 Å². The van der Waals surface area contributed by atoms with Crippen molar-refractivity contribution in [3.8, 4) is 0 Å². The topological polar surface area (TPSA) is 215 Å². The maximum atomic E-state index is 14.7. The quantitative estimate of drug-likeness (QED) is 0.0704. The summed E-state index contributed by atoms with van der Waals surface area (Å²) in [5.74, 6) is -3.34. The molecule has 0 bridgehead atoms. The monoisotopic (exact) mass is 1160 g/mol. The van der Waals surface area contributed by atoms with Gasteiger partial charge in [0.1, 0.15) is 53.2 Å². The van der Waals surface area contributed by atoms with Crippen LogP contribution in [0.2, 0.25) is 0 Å². The minimum atomic E-state index is -2.03. The Morgan fingerprint density at radius 3 is 2.00 bits per heavy atom. The molecule has 3 aromatic rings. The summed E-state index contributed by atoms with van der Waals surface area (Å²) in [7, 11) is 5.18. The average Bonchev–Trinajstić information content (AvgIpc) is 3.89. The summed E-state index contributed by atoms with van der Waals surface area (Å²) in [6, 6.07) is 20.3. The Balaban J connectivity index is 0.0000118. The van der Waals surface area contributed by atoms with Crippen LogP contribution in [0.3, 0.4) is 0 Å². The predicted molar refractivity (Wildman–Crippen MR) is 308 cm³/mol. The summed E-state index contributed by atoms with van der Waals surface area (Å²) in [5.41, 5.74) is -4.83. The van der Waals surface area contributed by atoms with Crippen molar-refractivity contribution in [1.29, 1.82) is 0 Å². The Morgan fingerprint density at radius 2 is 1.44 bits per heavy atom. The van der Waals surface area contributed by atoms with Gasteiger partial charge < -0.3 is 76.2 Å². The van der Waals surface area contributed by atoms with Gasteiger partial charge in [0.25, 0.3) is 0 Å². The second-order valence-electron chi connectivity index (χ2n) is 24.4. The van der Waals surface area contributed by atoms with Gasteiger partial charge >= 0.3 is 5.97 Å². The maximum absolute atomic E-state index is 14.7. The van der Waals surface area contributed by atoms with Crippen LogP contribution >= 0.6 is 7.26 Å². The number of methoxy groups -OCH3 is 1. The maximum Gasteiger partial charge on any atom is 0.311 e. The van der Waals surface area contributed by atoms with Crippen molar-refractivity contribution in [2.24, 2.45) is 24.8 Å². The highest BCUT2D eigenvalue weighted by Gasteiger charge is 2.53. The summed E-state index contributed by atoms with van der Waals surface area (Å²) >= 11 is 0. The molecule has 17 nitrogen and oxygen atoms in total. The Morgan fingerprint density at radius 1 is 0.838 bits per heavy atom. The van der Waals surface area contributed by atoms with E-state index >= 15 is 0 Å². The first-order chi connectivity index (χ1) is 37.2. The lowest BCUT2D eigenvalue weighted by atomic mass is 9.77. The van der Waals surface area contributed by atoms with Crippen LogP contribution in [0.25, 0.3) is 0 Å². The summed E-state index contributed by atoms with van der Waals surface area (Å²) in [6.45, 7) is 17.4. The molecule has 6 rings (SSSR count). The average molecular weight is 1160 g/mol. The molecule has 0 radical (unpaired) electrons. The standard InChI is InChI=1S/C61H98N4O13P.ClH/c1-15-49-61(10,72)54(68)43(6)65(50(66)31-25-17-16-18-26-32-79(45-27-21-19-22-28-45,46-29-23-20-24-30-46)47-36-62-64(13)38-47)37-39(2)34-59(8,71)56(78-58-52(67)48(63(11)12)33-40(3)74-58)41(4)53(42(5)57(70)76-49)77-51-35-60(9,73-14)55(69)44(7)75-51;/h19-24,27-30,36,38-44,48-49,51-56,58,67-69,71-72H,15-18,25-26,31-35,37H2,1-14H3;1H/q+1;/p-1/t39-,40-,41+,42-,43-,44+,48+,49-,51+,52-,53+,54-,55+,56-,58+,59-,60-,61-;/m1./s1. The fraction of sp³-hybridized carbons (Fsp3) is 0.721. The lowest BCUT2D eigenvalue weighted by Gasteiger charge is -2.48. The molecule has 3 aliphatic rings. The zero-order valence-corrected chi connectivity index (χ0v) is 51.8. The zero-order valence-electron chi connectivity index (χ0n) is 50.2. The predicted octanol–water partition coefficient (Wildman–Crippen LogP) is 2.87. The second-order valence-corrected chi connectivity index (χ2v) is 28.0. The Bertz CT molecular complexity index is 2330. The van der Waals surface area contributed by atoms with E-state index in [9.17, 15) is 35.1 Å². The van der Waals surface area contributed by atoms with Crippen LogP contribution in [0.4, 0.5) is 0 Å². The number of hydrogen-bond acceptors (Lipinski definition) is 15. The van der Waals surface area contributed by atoms with E-state index in [-0.39, 0.29) is 62.7 Å². The molecular formula is C61H98ClN4O13P. The van der Waals surface area contributed by atoms with Crippen molar-refractivity contribution >= 4 is 35.1 Å². The third kappa shape index (κ3) is 15.6. The normalized spacial score (nSPS) is 36.1. The Labute approximate surface area is 484 Å². The first kappa shape index (κ1) is 67.7. The molecule has 1 amide bonds. The van der Waals surface area contributed by atoms with E-state index in [2.05, 4.69) is 72.0 Å². The number of benzene rings is 2. The fourth-order valence-electron chi connectivity index (χ4n) is 12.9. The number of carbonyl (C=O) groups is 2. The highest BCUT2D eigenvalue weighted by atomic mass is 35.5. The van der Waals surface area contributed by atoms with Gasteiger partial charge in [-0.2, -0.15) is 5.10 Å². The molecule has 19 heteroatoms. The molecule has 2 aromatic carbocycles. The summed E-state index contributed by atoms with van der Waals surface area (Å²) in [6.07, 6.45) is -0.00993. The number of esters is 1. The molecule has 4 heterocycles. The number of rotatable bonds is 18. The highest BCUT2D eigenvalue weighted by Crippen LogP contribution is 2.56. The van der Waals surface area contributed by atoms with Crippen LogP contribution in [-0.2, 0) is 45.1 Å². The SMILES string of the molecule is CC[C@H]1OC(=O)[C@H](C)[C@@H](O[C@H]2C[C@@](C)(OC)[C@@H](O)[C@H](C)O2)[C@H](C)[C@@H](O[C@@H]2O[C@H](C)C[C@H](N(C)C)[C@H]2O)[C@](C)(O)C[C@@H](C)CN(C(=O)CCCCCCC[P+](c2ccccc2)(c2ccccc2)c2cnn(C)c2)[C@H](C)[C@@H](O)[C@]1(C)O.[Cl-]. The number of halogens is 1. The lowest BCUT2D eigenvalue weighted by Crippen LogP contribution is -3.00. The minimum absolute atomic E-state index is 0. The molecule has 0 saturated carbocycles. The van der Waals surface area contributed by atoms with E-state index in [1.54, 1.807) is 53.4 Å². The number of nitrogens with zero attached hydrogens (tertiary/aromatic N) is 4. The van der Waals surface area contributed by atoms with Gasteiger partial charge in [0.05, 0.1) is 66.1 Å². The van der Waals surface area contributed by atoms with Gasteiger partial charge in [0.15, 0.2) is 12.6 Å². The minimum Gasteiger partial charge on any atom is -1.00 e. The zero-order chi connectivity index (χ0) is 58.2. The molecule has 5 N–H and O–H groups in total. The number of aliphatic hydroxyl groups excluding tert-OH is 3. The van der Waals surface area contributed by atoms with Gasteiger partial charge in [-0.1, -0.05) is 70.0 Å². The van der Waals surface area contributed by atoms with E-state index in [1.165, 1.54) is 29.9 Å². The number of cyclic esters (lactones) is 1. The molecule has 0 spiro atoms. The number of hydrogen-bond donors (Lipinski definition) is 5. The van der Waals surface area contributed by atoms with Crippen LogP contribution in [0, 0.1) is 17.8 Å². The number of aryl methyl sites for hydroxylation is 1. The third-order valence-corrected chi connectivity index (χ3v) is 22.1. The van der Waals surface area contributed by atoms with E-state index < -0.39 is 109 Å². The van der Waals surface area contributed by atoms with Crippen molar-refractivity contribution in [3.05, 3.63) is 73.1 Å². The largest absolute Gasteiger partial charge is 1.00 e. The fourth-order valence-corrected chi connectivity index (χ4v) is 17.3. The molecule has 3 aliphatic heterocycles. The molecule has 452 valence electrons. The smallest absolute Gasteiger partial charge is 0.311 e. The van der Waals surface area contributed by atoms with E-state index in [1.807, 2.05) is 50.8 Å². The van der Waals surface area contributed by atoms with Crippen molar-refractivity contribution in [2.75, 3.05) is 33.9 Å². The van der Waals surface area contributed by atoms with Crippen LogP contribution in [0.15, 0.2) is 73.1 Å². The highest BCUT2D eigenvalue weighted by molar-refractivity contribution is 7.95. The van der Waals surface area contributed by atoms with Crippen molar-refractivity contribution in [3.63, 3.8) is 0 Å². The van der Waals surface area contributed by atoms with Gasteiger partial charge in [0, 0.05) is 45.5 Å². The second kappa shape index (κ2) is 29.1. The Kier molecular flexibility index (Phi) is 24.6. The van der Waals surface area contributed by atoms with Crippen LogP contribution in [-0.4, -0.2) is 181 Å². The molecule has 3 fully saturated rings. The Hall–Kier alpha value is -3.13. The van der Waals surface area contributed by atoms with Gasteiger partial charge in [-0.05, 0) is 131 Å². The molecule has 1 aromatic heterocycles. The van der Waals surface area contributed by atoms with Crippen molar-refractivity contribution in [1.82, 2.24) is 19.6 Å². The van der Waals surface area contributed by atoms with Gasteiger partial charge in [0.2, 0.25) is 5.91 Å². The van der Waals surface area contributed by atoms with E-state index in [4.69, 9.17) is 28.4 Å². The molecule has 0 unspecified atom stereocenters.